The third-order valence-electron chi connectivity index (χ3n) is 3.01. The van der Waals surface area contributed by atoms with E-state index in [1.54, 1.807) is 17.5 Å². The van der Waals surface area contributed by atoms with Crippen LogP contribution in [0.15, 0.2) is 11.6 Å². The molecule has 0 aliphatic carbocycles. The Kier molecular flexibility index (Phi) is 5.75. The van der Waals surface area contributed by atoms with Gasteiger partial charge in [0.2, 0.25) is 5.91 Å². The highest BCUT2D eigenvalue weighted by Gasteiger charge is 2.23. The van der Waals surface area contributed by atoms with E-state index in [0.717, 1.165) is 17.8 Å². The first kappa shape index (κ1) is 15.1. The summed E-state index contributed by atoms with van der Waals surface area (Å²) in [7, 11) is 0. The van der Waals surface area contributed by atoms with Gasteiger partial charge in [0.1, 0.15) is 5.01 Å². The molecule has 0 fully saturated rings. The lowest BCUT2D eigenvalue weighted by Gasteiger charge is -2.24. The van der Waals surface area contributed by atoms with E-state index < -0.39 is 0 Å². The fraction of sp³-hybridized carbons (Fsp3) is 0.692. The number of carbonyl (C=O) groups is 1. The topological polar surface area (TPSA) is 54.0 Å². The standard InChI is InChI=1S/C13H23N3OS/c1-5-10(6-2)16-11(17)9-15-13(3,4)12-14-7-8-18-12/h7-8,10,15H,5-6,9H2,1-4H3,(H,16,17). The molecule has 1 rings (SSSR count). The number of nitrogens with zero attached hydrogens (tertiary/aromatic N) is 1. The molecule has 4 nitrogen and oxygen atoms in total. The van der Waals surface area contributed by atoms with Crippen LogP contribution in [0.5, 0.6) is 0 Å². The molecule has 1 amide bonds. The molecule has 0 radical (unpaired) electrons. The molecule has 5 heteroatoms. The summed E-state index contributed by atoms with van der Waals surface area (Å²) >= 11 is 1.60. The van der Waals surface area contributed by atoms with E-state index in [4.69, 9.17) is 0 Å². The fourth-order valence-corrected chi connectivity index (χ4v) is 2.42. The van der Waals surface area contributed by atoms with Crippen LogP contribution in [0.4, 0.5) is 0 Å². The molecule has 0 spiro atoms. The van der Waals surface area contributed by atoms with Gasteiger partial charge in [-0.05, 0) is 26.7 Å². The molecule has 1 heterocycles. The van der Waals surface area contributed by atoms with E-state index in [9.17, 15) is 4.79 Å². The lowest BCUT2D eigenvalue weighted by molar-refractivity contribution is -0.121. The van der Waals surface area contributed by atoms with Gasteiger partial charge in [-0.15, -0.1) is 11.3 Å². The molecule has 2 N–H and O–H groups in total. The summed E-state index contributed by atoms with van der Waals surface area (Å²) in [5.74, 6) is 0.0494. The zero-order chi connectivity index (χ0) is 13.6. The second-order valence-electron chi connectivity index (χ2n) is 4.90. The zero-order valence-electron chi connectivity index (χ0n) is 11.6. The van der Waals surface area contributed by atoms with Crippen molar-refractivity contribution in [2.75, 3.05) is 6.54 Å². The minimum atomic E-state index is -0.264. The molecule has 18 heavy (non-hydrogen) atoms. The maximum absolute atomic E-state index is 11.8. The number of thiazole rings is 1. The Morgan fingerprint density at radius 3 is 2.61 bits per heavy atom. The molecule has 1 aromatic heterocycles. The van der Waals surface area contributed by atoms with E-state index >= 15 is 0 Å². The van der Waals surface area contributed by atoms with Gasteiger partial charge in [-0.3, -0.25) is 10.1 Å². The minimum absolute atomic E-state index is 0.0494. The lowest BCUT2D eigenvalue weighted by atomic mass is 10.1. The highest BCUT2D eigenvalue weighted by atomic mass is 32.1. The monoisotopic (exact) mass is 269 g/mol. The van der Waals surface area contributed by atoms with Gasteiger partial charge in [0.05, 0.1) is 12.1 Å². The van der Waals surface area contributed by atoms with Crippen molar-refractivity contribution in [3.63, 3.8) is 0 Å². The normalized spacial score (nSPS) is 11.8. The first-order chi connectivity index (χ1) is 8.49. The van der Waals surface area contributed by atoms with E-state index in [1.807, 2.05) is 19.2 Å². The third-order valence-corrected chi connectivity index (χ3v) is 4.11. The summed E-state index contributed by atoms with van der Waals surface area (Å²) in [5, 5.41) is 9.21. The van der Waals surface area contributed by atoms with Gasteiger partial charge < -0.3 is 5.32 Å². The molecule has 0 saturated heterocycles. The molecule has 0 atom stereocenters. The van der Waals surface area contributed by atoms with Crippen molar-refractivity contribution in [3.05, 3.63) is 16.6 Å². The first-order valence-electron chi connectivity index (χ1n) is 6.44. The van der Waals surface area contributed by atoms with Crippen molar-refractivity contribution >= 4 is 17.2 Å². The van der Waals surface area contributed by atoms with Crippen LogP contribution in [0, 0.1) is 0 Å². The van der Waals surface area contributed by atoms with Crippen LogP contribution in [-0.4, -0.2) is 23.5 Å². The summed E-state index contributed by atoms with van der Waals surface area (Å²) in [6, 6.07) is 0.280. The lowest BCUT2D eigenvalue weighted by Crippen LogP contribution is -2.45. The predicted octanol–water partition coefficient (Wildman–Crippen LogP) is 2.27. The molecule has 102 valence electrons. The quantitative estimate of drug-likeness (QED) is 0.798. The summed E-state index contributed by atoms with van der Waals surface area (Å²) in [6.07, 6.45) is 3.73. The highest BCUT2D eigenvalue weighted by molar-refractivity contribution is 7.09. The van der Waals surface area contributed by atoms with Gasteiger partial charge in [0.25, 0.3) is 0 Å². The molecule has 0 aliphatic heterocycles. The maximum atomic E-state index is 11.8. The first-order valence-corrected chi connectivity index (χ1v) is 7.32. The second-order valence-corrected chi connectivity index (χ2v) is 5.79. The smallest absolute Gasteiger partial charge is 0.234 e. The summed E-state index contributed by atoms with van der Waals surface area (Å²) in [6.45, 7) is 8.57. The molecule has 0 aromatic carbocycles. The summed E-state index contributed by atoms with van der Waals surface area (Å²) in [4.78, 5) is 16.1. The Bertz CT molecular complexity index is 358. The Morgan fingerprint density at radius 2 is 2.11 bits per heavy atom. The number of rotatable bonds is 7. The van der Waals surface area contributed by atoms with Gasteiger partial charge in [0, 0.05) is 17.6 Å². The van der Waals surface area contributed by atoms with Crippen LogP contribution in [0.2, 0.25) is 0 Å². The second kappa shape index (κ2) is 6.85. The SMILES string of the molecule is CCC(CC)NC(=O)CNC(C)(C)c1nccs1. The number of nitrogens with one attached hydrogen (secondary N) is 2. The van der Waals surface area contributed by atoms with Crippen LogP contribution < -0.4 is 10.6 Å². The largest absolute Gasteiger partial charge is 0.352 e. The number of carbonyl (C=O) groups excluding carboxylic acids is 1. The summed E-state index contributed by atoms with van der Waals surface area (Å²) < 4.78 is 0. The average Bonchev–Trinajstić information content (AvgIpc) is 2.88. The van der Waals surface area contributed by atoms with Crippen molar-refractivity contribution in [1.82, 2.24) is 15.6 Å². The molecule has 1 aromatic rings. The van der Waals surface area contributed by atoms with Crippen molar-refractivity contribution in [2.45, 2.75) is 52.1 Å². The molecule has 0 bridgehead atoms. The van der Waals surface area contributed by atoms with Crippen molar-refractivity contribution in [2.24, 2.45) is 0 Å². The Hall–Kier alpha value is -0.940. The number of aromatic nitrogens is 1. The van der Waals surface area contributed by atoms with Gasteiger partial charge in [-0.25, -0.2) is 4.98 Å². The van der Waals surface area contributed by atoms with Crippen LogP contribution in [0.1, 0.15) is 45.5 Å². The zero-order valence-corrected chi connectivity index (χ0v) is 12.4. The predicted molar refractivity (Wildman–Crippen MR) is 75.7 cm³/mol. The number of hydrogen-bond acceptors (Lipinski definition) is 4. The molecule has 0 aliphatic rings. The van der Waals surface area contributed by atoms with E-state index in [0.29, 0.717) is 6.54 Å². The van der Waals surface area contributed by atoms with Crippen molar-refractivity contribution < 1.29 is 4.79 Å². The van der Waals surface area contributed by atoms with Gasteiger partial charge in [-0.1, -0.05) is 13.8 Å². The van der Waals surface area contributed by atoms with Crippen LogP contribution in [0.3, 0.4) is 0 Å². The van der Waals surface area contributed by atoms with E-state index in [1.165, 1.54) is 0 Å². The number of amides is 1. The minimum Gasteiger partial charge on any atom is -0.352 e. The Balaban J connectivity index is 2.43. The molecular formula is C13H23N3OS. The fourth-order valence-electron chi connectivity index (χ4n) is 1.68. The van der Waals surface area contributed by atoms with Gasteiger partial charge >= 0.3 is 0 Å². The van der Waals surface area contributed by atoms with Crippen molar-refractivity contribution in [1.29, 1.82) is 0 Å². The Morgan fingerprint density at radius 1 is 1.44 bits per heavy atom. The molecular weight excluding hydrogens is 246 g/mol. The van der Waals surface area contributed by atoms with Crippen LogP contribution >= 0.6 is 11.3 Å². The molecule has 0 unspecified atom stereocenters. The van der Waals surface area contributed by atoms with Crippen LogP contribution in [-0.2, 0) is 10.3 Å². The van der Waals surface area contributed by atoms with Gasteiger partial charge in [-0.2, -0.15) is 0 Å². The third kappa shape index (κ3) is 4.38. The maximum Gasteiger partial charge on any atom is 0.234 e. The molecule has 0 saturated carbocycles. The highest BCUT2D eigenvalue weighted by Crippen LogP contribution is 2.21. The van der Waals surface area contributed by atoms with Gasteiger partial charge in [0.15, 0.2) is 0 Å². The van der Waals surface area contributed by atoms with E-state index in [2.05, 4.69) is 29.5 Å². The average molecular weight is 269 g/mol. The Labute approximate surface area is 113 Å². The van der Waals surface area contributed by atoms with E-state index in [-0.39, 0.29) is 17.5 Å². The number of hydrogen-bond donors (Lipinski definition) is 2. The van der Waals surface area contributed by atoms with Crippen LogP contribution in [0.25, 0.3) is 0 Å². The summed E-state index contributed by atoms with van der Waals surface area (Å²) in [5.41, 5.74) is -0.264. The van der Waals surface area contributed by atoms with Crippen molar-refractivity contribution in [3.8, 4) is 0 Å².